The minimum absolute atomic E-state index is 0. The topological polar surface area (TPSA) is 38.9 Å². The molecule has 0 amide bonds. The lowest BCUT2D eigenvalue weighted by Gasteiger charge is -2.02. The van der Waals surface area contributed by atoms with E-state index in [9.17, 15) is 0 Å². The van der Waals surface area contributed by atoms with Crippen molar-refractivity contribution in [3.8, 4) is 0 Å². The van der Waals surface area contributed by atoms with Crippen LogP contribution in [-0.4, -0.2) is 4.98 Å². The van der Waals surface area contributed by atoms with E-state index in [-0.39, 0.29) is 30.9 Å². The van der Waals surface area contributed by atoms with Crippen LogP contribution in [0.25, 0.3) is 0 Å². The van der Waals surface area contributed by atoms with Crippen molar-refractivity contribution >= 4 is 40.7 Å². The molecule has 0 aliphatic carbocycles. The molecule has 5 heteroatoms. The molecule has 0 aliphatic rings. The van der Waals surface area contributed by atoms with E-state index in [2.05, 4.69) is 20.9 Å². The summed E-state index contributed by atoms with van der Waals surface area (Å²) in [5.41, 5.74) is 6.67. The van der Waals surface area contributed by atoms with Gasteiger partial charge in [0.05, 0.1) is 0 Å². The lowest BCUT2D eigenvalue weighted by Crippen LogP contribution is -2.04. The van der Waals surface area contributed by atoms with E-state index < -0.39 is 0 Å². The van der Waals surface area contributed by atoms with Crippen molar-refractivity contribution in [3.05, 3.63) is 28.5 Å². The van der Waals surface area contributed by atoms with Gasteiger partial charge in [-0.1, -0.05) is 6.07 Å². The van der Waals surface area contributed by atoms with Gasteiger partial charge < -0.3 is 5.73 Å². The van der Waals surface area contributed by atoms with Gasteiger partial charge in [-0.25, -0.2) is 4.98 Å². The average Bonchev–Trinajstić information content (AvgIpc) is 1.88. The molecular weight excluding hydrogens is 263 g/mol. The summed E-state index contributed by atoms with van der Waals surface area (Å²) in [7, 11) is 0. The molecule has 1 atom stereocenters. The number of hydrogen-bond acceptors (Lipinski definition) is 2. The highest BCUT2D eigenvalue weighted by atomic mass is 79.9. The minimum Gasteiger partial charge on any atom is -0.324 e. The van der Waals surface area contributed by atoms with Crippen LogP contribution in [0.2, 0.25) is 0 Å². The average molecular weight is 274 g/mol. The van der Waals surface area contributed by atoms with Crippen molar-refractivity contribution in [1.29, 1.82) is 0 Å². The maximum Gasteiger partial charge on any atom is 0.106 e. The zero-order chi connectivity index (χ0) is 7.56. The van der Waals surface area contributed by atoms with Crippen molar-refractivity contribution in [3.63, 3.8) is 0 Å². The molecule has 0 radical (unpaired) electrons. The molecule has 0 aromatic carbocycles. The number of hydrogen-bond donors (Lipinski definition) is 1. The van der Waals surface area contributed by atoms with Crippen molar-refractivity contribution < 1.29 is 0 Å². The summed E-state index contributed by atoms with van der Waals surface area (Å²) < 4.78 is 0.844. The normalized spacial score (nSPS) is 10.9. The van der Waals surface area contributed by atoms with Gasteiger partial charge >= 0.3 is 0 Å². The Balaban J connectivity index is 0. The Morgan fingerprint density at radius 1 is 1.42 bits per heavy atom. The van der Waals surface area contributed by atoms with Gasteiger partial charge in [0, 0.05) is 12.2 Å². The van der Waals surface area contributed by atoms with E-state index in [0.717, 1.165) is 10.2 Å². The molecule has 2 N–H and O–H groups in total. The largest absolute Gasteiger partial charge is 0.324 e. The second-order valence-electron chi connectivity index (χ2n) is 2.20. The molecule has 0 aliphatic heterocycles. The predicted octanol–water partition coefficient (Wildman–Crippen LogP) is 2.71. The SMILES string of the molecule is C[C@@H](N)c1ccc(Br)nc1.Cl.Cl. The first-order valence-corrected chi connectivity index (χ1v) is 3.86. The van der Waals surface area contributed by atoms with Gasteiger partial charge in [0.2, 0.25) is 0 Å². The van der Waals surface area contributed by atoms with Gasteiger partial charge in [-0.3, -0.25) is 0 Å². The smallest absolute Gasteiger partial charge is 0.106 e. The van der Waals surface area contributed by atoms with Crippen molar-refractivity contribution in [2.75, 3.05) is 0 Å². The van der Waals surface area contributed by atoms with Crippen LogP contribution in [-0.2, 0) is 0 Å². The molecule has 2 nitrogen and oxygen atoms in total. The second-order valence-corrected chi connectivity index (χ2v) is 3.02. The molecule has 70 valence electrons. The summed E-state index contributed by atoms with van der Waals surface area (Å²) in [5, 5.41) is 0. The third-order valence-corrected chi connectivity index (χ3v) is 1.75. The zero-order valence-electron chi connectivity index (χ0n) is 6.53. The number of aromatic nitrogens is 1. The Bertz CT molecular complexity index is 213. The van der Waals surface area contributed by atoms with Crippen LogP contribution < -0.4 is 5.73 Å². The lowest BCUT2D eigenvalue weighted by molar-refractivity contribution is 0.810. The summed E-state index contributed by atoms with van der Waals surface area (Å²) in [5.74, 6) is 0. The highest BCUT2D eigenvalue weighted by Gasteiger charge is 1.97. The van der Waals surface area contributed by atoms with Gasteiger partial charge in [-0.15, -0.1) is 24.8 Å². The Labute approximate surface area is 92.9 Å². The van der Waals surface area contributed by atoms with Gasteiger partial charge in [0.15, 0.2) is 0 Å². The molecule has 1 aromatic heterocycles. The van der Waals surface area contributed by atoms with Crippen molar-refractivity contribution in [1.82, 2.24) is 4.98 Å². The number of rotatable bonds is 1. The van der Waals surface area contributed by atoms with E-state index in [4.69, 9.17) is 5.73 Å². The molecule has 0 unspecified atom stereocenters. The third-order valence-electron chi connectivity index (χ3n) is 1.28. The maximum atomic E-state index is 5.61. The van der Waals surface area contributed by atoms with Crippen LogP contribution in [0.4, 0.5) is 0 Å². The van der Waals surface area contributed by atoms with Gasteiger partial charge in [0.1, 0.15) is 4.60 Å². The number of nitrogens with two attached hydrogens (primary N) is 1. The van der Waals surface area contributed by atoms with Crippen LogP contribution in [0.5, 0.6) is 0 Å². The van der Waals surface area contributed by atoms with E-state index in [0.29, 0.717) is 0 Å². The Morgan fingerprint density at radius 2 is 2.00 bits per heavy atom. The van der Waals surface area contributed by atoms with Gasteiger partial charge in [-0.05, 0) is 34.5 Å². The summed E-state index contributed by atoms with van der Waals surface area (Å²) in [6.07, 6.45) is 1.77. The Morgan fingerprint density at radius 3 is 2.33 bits per heavy atom. The van der Waals surface area contributed by atoms with Gasteiger partial charge in [-0.2, -0.15) is 0 Å². The Kier molecular flexibility index (Phi) is 8.15. The van der Waals surface area contributed by atoms with Crippen LogP contribution in [0, 0.1) is 0 Å². The Hall–Kier alpha value is 0.170. The fourth-order valence-electron chi connectivity index (χ4n) is 0.657. The second kappa shape index (κ2) is 6.66. The third kappa shape index (κ3) is 4.26. The van der Waals surface area contributed by atoms with Crippen LogP contribution in [0.1, 0.15) is 18.5 Å². The first kappa shape index (κ1) is 14.7. The van der Waals surface area contributed by atoms with E-state index >= 15 is 0 Å². The molecule has 1 rings (SSSR count). The van der Waals surface area contributed by atoms with Crippen molar-refractivity contribution in [2.45, 2.75) is 13.0 Å². The standard InChI is InChI=1S/C7H9BrN2.2ClH/c1-5(9)6-2-3-7(8)10-4-6;;/h2-5H,9H2,1H3;2*1H/t5-;;/m1../s1. The highest BCUT2D eigenvalue weighted by molar-refractivity contribution is 9.10. The summed E-state index contributed by atoms with van der Waals surface area (Å²) in [4.78, 5) is 4.04. The summed E-state index contributed by atoms with van der Waals surface area (Å²) >= 11 is 3.24. The molecule has 0 spiro atoms. The monoisotopic (exact) mass is 272 g/mol. The molecule has 0 saturated carbocycles. The molecule has 0 saturated heterocycles. The number of pyridine rings is 1. The minimum atomic E-state index is 0. The van der Waals surface area contributed by atoms with E-state index in [1.54, 1.807) is 6.20 Å². The molecule has 1 heterocycles. The first-order valence-electron chi connectivity index (χ1n) is 3.07. The molecule has 1 aromatic rings. The lowest BCUT2D eigenvalue weighted by atomic mass is 10.2. The fourth-order valence-corrected chi connectivity index (χ4v) is 0.891. The molecule has 0 bridgehead atoms. The molecule has 0 fully saturated rings. The van der Waals surface area contributed by atoms with Crippen LogP contribution in [0.3, 0.4) is 0 Å². The zero-order valence-corrected chi connectivity index (χ0v) is 9.75. The molecular formula is C7H11BrCl2N2. The van der Waals surface area contributed by atoms with Crippen LogP contribution in [0.15, 0.2) is 22.9 Å². The summed E-state index contributed by atoms with van der Waals surface area (Å²) in [6.45, 7) is 1.94. The van der Waals surface area contributed by atoms with Crippen molar-refractivity contribution in [2.24, 2.45) is 5.73 Å². The quantitative estimate of drug-likeness (QED) is 0.799. The summed E-state index contributed by atoms with van der Waals surface area (Å²) in [6, 6.07) is 3.92. The predicted molar refractivity (Wildman–Crippen MR) is 59.0 cm³/mol. The highest BCUT2D eigenvalue weighted by Crippen LogP contribution is 2.10. The van der Waals surface area contributed by atoms with E-state index in [1.165, 1.54) is 0 Å². The first-order chi connectivity index (χ1) is 4.70. The fraction of sp³-hybridized carbons (Fsp3) is 0.286. The molecule has 12 heavy (non-hydrogen) atoms. The van der Waals surface area contributed by atoms with Crippen LogP contribution >= 0.6 is 40.7 Å². The van der Waals surface area contributed by atoms with Gasteiger partial charge in [0.25, 0.3) is 0 Å². The van der Waals surface area contributed by atoms with E-state index in [1.807, 2.05) is 19.1 Å². The number of nitrogens with zero attached hydrogens (tertiary/aromatic N) is 1. The maximum absolute atomic E-state index is 5.61. The number of halogens is 3.